The monoisotopic (exact) mass is 240 g/mol. The molecule has 1 aromatic carbocycles. The number of aromatic nitrogens is 2. The van der Waals surface area contributed by atoms with Gasteiger partial charge in [-0.2, -0.15) is 0 Å². The molecular weight excluding hydrogens is 228 g/mol. The second-order valence-corrected chi connectivity index (χ2v) is 4.56. The molecule has 0 spiro atoms. The summed E-state index contributed by atoms with van der Waals surface area (Å²) in [5, 5.41) is 1.19. The maximum Gasteiger partial charge on any atom is 0.138 e. The van der Waals surface area contributed by atoms with Crippen LogP contribution in [0.4, 0.5) is 0 Å². The molecule has 0 bridgehead atoms. The van der Waals surface area contributed by atoms with Gasteiger partial charge in [-0.3, -0.25) is 4.40 Å². The highest BCUT2D eigenvalue weighted by Gasteiger charge is 2.11. The molecule has 3 heteroatoms. The van der Waals surface area contributed by atoms with E-state index >= 15 is 0 Å². The summed E-state index contributed by atoms with van der Waals surface area (Å²) in [4.78, 5) is 4.70. The van der Waals surface area contributed by atoms with Crippen molar-refractivity contribution < 1.29 is 0 Å². The highest BCUT2D eigenvalue weighted by Crippen LogP contribution is 2.30. The summed E-state index contributed by atoms with van der Waals surface area (Å²) in [6, 6.07) is 16.4. The van der Waals surface area contributed by atoms with Crippen LogP contribution in [0.25, 0.3) is 16.9 Å². The van der Waals surface area contributed by atoms with Crippen LogP contribution in [-0.4, -0.2) is 15.6 Å². The Hall–Kier alpha value is -1.74. The predicted molar refractivity (Wildman–Crippen MR) is 72.4 cm³/mol. The fourth-order valence-corrected chi connectivity index (χ4v) is 2.66. The smallest absolute Gasteiger partial charge is 0.138 e. The van der Waals surface area contributed by atoms with Crippen molar-refractivity contribution in [1.29, 1.82) is 0 Å². The van der Waals surface area contributed by atoms with Crippen molar-refractivity contribution in [3.05, 3.63) is 54.7 Å². The highest BCUT2D eigenvalue weighted by atomic mass is 32.2. The fourth-order valence-electron chi connectivity index (χ4n) is 1.95. The van der Waals surface area contributed by atoms with Gasteiger partial charge in [0.05, 0.1) is 0 Å². The summed E-state index contributed by atoms with van der Waals surface area (Å²) in [6.45, 7) is 0. The van der Waals surface area contributed by atoms with Gasteiger partial charge >= 0.3 is 0 Å². The van der Waals surface area contributed by atoms with Gasteiger partial charge in [0.25, 0.3) is 0 Å². The van der Waals surface area contributed by atoms with Crippen molar-refractivity contribution in [2.24, 2.45) is 0 Å². The van der Waals surface area contributed by atoms with Gasteiger partial charge in [-0.15, -0.1) is 11.8 Å². The molecule has 0 aliphatic heterocycles. The number of benzene rings is 1. The van der Waals surface area contributed by atoms with E-state index in [0.29, 0.717) is 0 Å². The van der Waals surface area contributed by atoms with Crippen molar-refractivity contribution in [3.8, 4) is 11.3 Å². The van der Waals surface area contributed by atoms with Gasteiger partial charge in [0, 0.05) is 11.8 Å². The third-order valence-electron chi connectivity index (χ3n) is 2.73. The Morgan fingerprint density at radius 2 is 1.76 bits per heavy atom. The third-order valence-corrected chi connectivity index (χ3v) is 3.50. The lowest BCUT2D eigenvalue weighted by Gasteiger charge is -2.00. The number of rotatable bonds is 2. The van der Waals surface area contributed by atoms with Crippen LogP contribution in [-0.2, 0) is 0 Å². The first-order valence-electron chi connectivity index (χ1n) is 5.46. The highest BCUT2D eigenvalue weighted by molar-refractivity contribution is 7.98. The Balaban J connectivity index is 2.30. The van der Waals surface area contributed by atoms with E-state index in [1.54, 1.807) is 11.8 Å². The van der Waals surface area contributed by atoms with Gasteiger partial charge in [-0.25, -0.2) is 4.98 Å². The molecule has 3 rings (SSSR count). The van der Waals surface area contributed by atoms with Crippen molar-refractivity contribution in [2.75, 3.05) is 6.26 Å². The summed E-state index contributed by atoms with van der Waals surface area (Å²) in [6.07, 6.45) is 4.14. The molecule has 0 saturated carbocycles. The van der Waals surface area contributed by atoms with E-state index < -0.39 is 0 Å². The minimum Gasteiger partial charge on any atom is -0.294 e. The van der Waals surface area contributed by atoms with Crippen molar-refractivity contribution in [2.45, 2.75) is 5.03 Å². The SMILES string of the molecule is CSc1c(-c2ccccc2)nc2ccccn12. The zero-order valence-electron chi connectivity index (χ0n) is 9.50. The van der Waals surface area contributed by atoms with E-state index in [-0.39, 0.29) is 0 Å². The lowest BCUT2D eigenvalue weighted by molar-refractivity contribution is 1.05. The summed E-state index contributed by atoms with van der Waals surface area (Å²) in [5.74, 6) is 0. The molecule has 17 heavy (non-hydrogen) atoms. The van der Waals surface area contributed by atoms with E-state index in [4.69, 9.17) is 4.98 Å². The first-order valence-corrected chi connectivity index (χ1v) is 6.69. The third kappa shape index (κ3) is 1.72. The summed E-state index contributed by atoms with van der Waals surface area (Å²) >= 11 is 1.73. The molecule has 0 unspecified atom stereocenters. The maximum absolute atomic E-state index is 4.70. The molecule has 0 amide bonds. The van der Waals surface area contributed by atoms with Crippen LogP contribution in [0.15, 0.2) is 59.8 Å². The molecule has 2 aromatic heterocycles. The predicted octanol–water partition coefficient (Wildman–Crippen LogP) is 3.72. The number of thioether (sulfide) groups is 1. The molecule has 0 aliphatic rings. The Morgan fingerprint density at radius 3 is 2.53 bits per heavy atom. The molecule has 0 saturated heterocycles. The molecule has 0 radical (unpaired) electrons. The molecule has 3 aromatic rings. The molecular formula is C14H12N2S. The van der Waals surface area contributed by atoms with Gasteiger partial charge in [-0.05, 0) is 18.4 Å². The standard InChI is InChI=1S/C14H12N2S/c1-17-14-13(11-7-3-2-4-8-11)15-12-9-5-6-10-16(12)14/h2-10H,1H3. The second-order valence-electron chi connectivity index (χ2n) is 3.76. The number of nitrogens with zero attached hydrogens (tertiary/aromatic N) is 2. The normalized spacial score (nSPS) is 10.9. The molecule has 0 N–H and O–H groups in total. The van der Waals surface area contributed by atoms with Crippen molar-refractivity contribution in [1.82, 2.24) is 9.38 Å². The first kappa shape index (κ1) is 10.4. The average molecular weight is 240 g/mol. The Bertz CT molecular complexity index is 644. The number of hydrogen-bond donors (Lipinski definition) is 0. The largest absolute Gasteiger partial charge is 0.294 e. The number of pyridine rings is 1. The van der Waals surface area contributed by atoms with Crippen molar-refractivity contribution in [3.63, 3.8) is 0 Å². The fraction of sp³-hybridized carbons (Fsp3) is 0.0714. The van der Waals surface area contributed by atoms with Gasteiger partial charge < -0.3 is 0 Å². The minimum absolute atomic E-state index is 0.996. The van der Waals surface area contributed by atoms with Crippen LogP contribution in [0.5, 0.6) is 0 Å². The van der Waals surface area contributed by atoms with Gasteiger partial charge in [0.15, 0.2) is 0 Å². The Morgan fingerprint density at radius 1 is 1.00 bits per heavy atom. The number of imidazole rings is 1. The molecule has 0 fully saturated rings. The quantitative estimate of drug-likeness (QED) is 0.635. The second kappa shape index (κ2) is 4.26. The summed E-state index contributed by atoms with van der Waals surface area (Å²) in [7, 11) is 0. The van der Waals surface area contributed by atoms with E-state index in [0.717, 1.165) is 11.3 Å². The van der Waals surface area contributed by atoms with E-state index in [1.807, 2.05) is 36.4 Å². The van der Waals surface area contributed by atoms with E-state index in [2.05, 4.69) is 29.0 Å². The van der Waals surface area contributed by atoms with Gasteiger partial charge in [0.2, 0.25) is 0 Å². The van der Waals surface area contributed by atoms with Crippen LogP contribution in [0.1, 0.15) is 0 Å². The molecule has 2 nitrogen and oxygen atoms in total. The topological polar surface area (TPSA) is 17.3 Å². The molecule has 0 aliphatic carbocycles. The number of fused-ring (bicyclic) bond motifs is 1. The van der Waals surface area contributed by atoms with Crippen LogP contribution in [0, 0.1) is 0 Å². The minimum atomic E-state index is 0.996. The van der Waals surface area contributed by atoms with Crippen molar-refractivity contribution >= 4 is 17.4 Å². The lowest BCUT2D eigenvalue weighted by Crippen LogP contribution is -1.84. The average Bonchev–Trinajstić information content (AvgIpc) is 2.78. The van der Waals surface area contributed by atoms with Gasteiger partial charge in [0.1, 0.15) is 16.4 Å². The van der Waals surface area contributed by atoms with E-state index in [1.165, 1.54) is 10.6 Å². The molecule has 0 atom stereocenters. The van der Waals surface area contributed by atoms with E-state index in [9.17, 15) is 0 Å². The first-order chi connectivity index (χ1) is 8.40. The van der Waals surface area contributed by atoms with Crippen LogP contribution < -0.4 is 0 Å². The lowest BCUT2D eigenvalue weighted by atomic mass is 10.2. The molecule has 84 valence electrons. The van der Waals surface area contributed by atoms with Gasteiger partial charge in [-0.1, -0.05) is 36.4 Å². The maximum atomic E-state index is 4.70. The van der Waals surface area contributed by atoms with Crippen LogP contribution in [0.2, 0.25) is 0 Å². The Labute approximate surface area is 104 Å². The summed E-state index contributed by atoms with van der Waals surface area (Å²) in [5.41, 5.74) is 3.22. The zero-order valence-corrected chi connectivity index (χ0v) is 10.3. The molecule has 2 heterocycles. The summed E-state index contributed by atoms with van der Waals surface area (Å²) < 4.78 is 2.13. The van der Waals surface area contributed by atoms with Crippen LogP contribution in [0.3, 0.4) is 0 Å². The van der Waals surface area contributed by atoms with Crippen LogP contribution >= 0.6 is 11.8 Å². The Kier molecular flexibility index (Phi) is 2.61. The zero-order chi connectivity index (χ0) is 11.7. The number of hydrogen-bond acceptors (Lipinski definition) is 2.